The van der Waals surface area contributed by atoms with Crippen molar-refractivity contribution in [3.05, 3.63) is 41.4 Å². The van der Waals surface area contributed by atoms with Gasteiger partial charge in [-0.1, -0.05) is 11.6 Å². The van der Waals surface area contributed by atoms with E-state index in [0.717, 1.165) is 0 Å². The maximum atomic E-state index is 11.0. The number of carbonyl (C=O) groups excluding carboxylic acids is 2. The summed E-state index contributed by atoms with van der Waals surface area (Å²) >= 11 is 16.4. The van der Waals surface area contributed by atoms with E-state index in [2.05, 4.69) is 0 Å². The molecule has 0 unspecified atom stereocenters. The molecule has 2 aromatic rings. The Morgan fingerprint density at radius 3 is 1.69 bits per heavy atom. The second-order valence-electron chi connectivity index (χ2n) is 5.03. The highest BCUT2D eigenvalue weighted by atomic mass is 35.5. The highest BCUT2D eigenvalue weighted by Crippen LogP contribution is 2.31. The van der Waals surface area contributed by atoms with Gasteiger partial charge in [0.1, 0.15) is 23.3 Å². The average Bonchev–Trinajstić information content (AvgIpc) is 2.75. The van der Waals surface area contributed by atoms with Gasteiger partial charge in [-0.3, -0.25) is 9.59 Å². The largest absolute Gasteiger partial charge is 0.497 e. The number of alkyl halides is 2. The summed E-state index contributed by atoms with van der Waals surface area (Å²) < 4.78 is 24.8. The smallest absolute Gasteiger partial charge is 0.326 e. The van der Waals surface area contributed by atoms with E-state index in [1.807, 2.05) is 0 Å². The van der Waals surface area contributed by atoms with Gasteiger partial charge < -0.3 is 23.7 Å². The van der Waals surface area contributed by atoms with Gasteiger partial charge in [-0.2, -0.15) is 0 Å². The van der Waals surface area contributed by atoms with Crippen LogP contribution in [-0.4, -0.2) is 45.0 Å². The Morgan fingerprint density at radius 2 is 1.21 bits per heavy atom. The predicted octanol–water partition coefficient (Wildman–Crippen LogP) is 4.34. The molecule has 158 valence electrons. The van der Waals surface area contributed by atoms with Crippen molar-refractivity contribution in [2.24, 2.45) is 0 Å². The third-order valence-corrected chi connectivity index (χ3v) is 3.92. The minimum atomic E-state index is -0.554. The summed E-state index contributed by atoms with van der Waals surface area (Å²) in [6.45, 7) is 0. The van der Waals surface area contributed by atoms with Crippen molar-refractivity contribution in [3.63, 3.8) is 0 Å². The Bertz CT molecular complexity index is 827. The van der Waals surface area contributed by atoms with Crippen LogP contribution in [0.5, 0.6) is 28.7 Å². The average molecular weight is 466 g/mol. The number of halogens is 3. The fourth-order valence-electron chi connectivity index (χ4n) is 1.85. The first-order valence-corrected chi connectivity index (χ1v) is 9.42. The van der Waals surface area contributed by atoms with Crippen molar-refractivity contribution < 1.29 is 33.3 Å². The Kier molecular flexibility index (Phi) is 11.1. The van der Waals surface area contributed by atoms with Crippen LogP contribution in [0.2, 0.25) is 5.02 Å². The lowest BCUT2D eigenvalue weighted by molar-refractivity contribution is -0.132. The molecular weight excluding hydrogens is 447 g/mol. The zero-order valence-corrected chi connectivity index (χ0v) is 18.1. The van der Waals surface area contributed by atoms with E-state index in [9.17, 15) is 9.59 Å². The van der Waals surface area contributed by atoms with Crippen LogP contribution in [-0.2, 0) is 9.59 Å². The molecule has 0 N–H and O–H groups in total. The molecule has 0 saturated heterocycles. The highest BCUT2D eigenvalue weighted by molar-refractivity contribution is 6.32. The normalized spacial score (nSPS) is 9.59. The number of methoxy groups -OCH3 is 3. The minimum absolute atomic E-state index is 0.199. The molecule has 29 heavy (non-hydrogen) atoms. The first kappa shape index (κ1) is 24.7. The molecule has 0 aromatic heterocycles. The van der Waals surface area contributed by atoms with Crippen LogP contribution >= 0.6 is 34.8 Å². The monoisotopic (exact) mass is 464 g/mol. The van der Waals surface area contributed by atoms with E-state index in [1.54, 1.807) is 37.4 Å². The summed E-state index contributed by atoms with van der Waals surface area (Å²) in [7, 11) is 4.53. The zero-order valence-electron chi connectivity index (χ0n) is 15.9. The summed E-state index contributed by atoms with van der Waals surface area (Å²) in [5, 5.41) is 0.337. The molecule has 0 radical (unpaired) electrons. The van der Waals surface area contributed by atoms with Crippen molar-refractivity contribution in [1.29, 1.82) is 0 Å². The summed E-state index contributed by atoms with van der Waals surface area (Å²) in [6, 6.07) is 9.64. The number of hydrogen-bond donors (Lipinski definition) is 0. The molecule has 2 aromatic carbocycles. The van der Waals surface area contributed by atoms with Gasteiger partial charge in [0.25, 0.3) is 0 Å². The number of carbonyl (C=O) groups is 2. The molecule has 0 fully saturated rings. The van der Waals surface area contributed by atoms with Gasteiger partial charge in [-0.05, 0) is 24.3 Å². The van der Waals surface area contributed by atoms with E-state index < -0.39 is 11.9 Å². The van der Waals surface area contributed by atoms with Crippen molar-refractivity contribution in [2.75, 3.05) is 33.1 Å². The lowest BCUT2D eigenvalue weighted by Gasteiger charge is -2.09. The molecule has 0 heterocycles. The Balaban J connectivity index is 0.000000291. The van der Waals surface area contributed by atoms with Crippen LogP contribution in [0.25, 0.3) is 0 Å². The van der Waals surface area contributed by atoms with Crippen LogP contribution in [0.1, 0.15) is 0 Å². The molecular formula is C19H19Cl3O7. The van der Waals surface area contributed by atoms with E-state index >= 15 is 0 Å². The summed E-state index contributed by atoms with van der Waals surface area (Å²) in [4.78, 5) is 21.8. The molecule has 0 aliphatic carbocycles. The van der Waals surface area contributed by atoms with Crippen LogP contribution in [0.15, 0.2) is 36.4 Å². The maximum absolute atomic E-state index is 11.0. The van der Waals surface area contributed by atoms with Crippen molar-refractivity contribution in [3.8, 4) is 28.7 Å². The van der Waals surface area contributed by atoms with Crippen molar-refractivity contribution in [1.82, 2.24) is 0 Å². The van der Waals surface area contributed by atoms with Crippen molar-refractivity contribution in [2.45, 2.75) is 0 Å². The predicted molar refractivity (Wildman–Crippen MR) is 110 cm³/mol. The van der Waals surface area contributed by atoms with Gasteiger partial charge in [0.05, 0.1) is 26.4 Å². The van der Waals surface area contributed by atoms with Gasteiger partial charge in [0, 0.05) is 12.1 Å². The molecule has 2 rings (SSSR count). The minimum Gasteiger partial charge on any atom is -0.497 e. The van der Waals surface area contributed by atoms with E-state index in [-0.39, 0.29) is 17.5 Å². The Hall–Kier alpha value is -2.35. The first-order valence-electron chi connectivity index (χ1n) is 7.97. The second-order valence-corrected chi connectivity index (χ2v) is 5.97. The maximum Gasteiger partial charge on any atom is 0.326 e. The van der Waals surface area contributed by atoms with E-state index in [4.69, 9.17) is 58.5 Å². The molecule has 0 amide bonds. The third-order valence-electron chi connectivity index (χ3n) is 3.17. The molecule has 0 aliphatic rings. The van der Waals surface area contributed by atoms with E-state index in [1.165, 1.54) is 20.3 Å². The summed E-state index contributed by atoms with van der Waals surface area (Å²) in [6.07, 6.45) is 0. The van der Waals surface area contributed by atoms with Gasteiger partial charge in [0.15, 0.2) is 17.2 Å². The van der Waals surface area contributed by atoms with Crippen LogP contribution in [0, 0.1) is 0 Å². The summed E-state index contributed by atoms with van der Waals surface area (Å²) in [5.41, 5.74) is 0. The molecule has 0 aliphatic heterocycles. The molecule has 0 bridgehead atoms. The molecule has 0 atom stereocenters. The van der Waals surface area contributed by atoms with Crippen LogP contribution in [0.3, 0.4) is 0 Å². The quantitative estimate of drug-likeness (QED) is 0.342. The van der Waals surface area contributed by atoms with E-state index in [0.29, 0.717) is 28.0 Å². The lowest BCUT2D eigenvalue weighted by atomic mass is 10.3. The number of hydrogen-bond acceptors (Lipinski definition) is 7. The van der Waals surface area contributed by atoms with Gasteiger partial charge in [0.2, 0.25) is 0 Å². The SMILES string of the molecule is COc1ccc(Cl)c(OC(=O)CCl)c1.COc1ccc(OC(=O)CCl)c(OC)c1. The fraction of sp³-hybridized carbons (Fsp3) is 0.263. The standard InChI is InChI=1S/C10H11ClO4.C9H8Cl2O3/c1-13-7-3-4-8(9(5-7)14-2)15-10(12)6-11;1-13-6-2-3-7(11)8(4-6)14-9(12)5-10/h3-5H,6H2,1-2H3;2-4H,5H2,1H3. The molecule has 0 saturated carbocycles. The zero-order chi connectivity index (χ0) is 21.8. The number of esters is 2. The molecule has 0 spiro atoms. The molecule has 10 heteroatoms. The number of rotatable bonds is 7. The molecule has 7 nitrogen and oxygen atoms in total. The topological polar surface area (TPSA) is 80.3 Å². The van der Waals surface area contributed by atoms with Gasteiger partial charge >= 0.3 is 11.9 Å². The first-order chi connectivity index (χ1) is 13.9. The highest BCUT2D eigenvalue weighted by Gasteiger charge is 2.10. The second kappa shape index (κ2) is 13.0. The van der Waals surface area contributed by atoms with Gasteiger partial charge in [-0.25, -0.2) is 0 Å². The fourth-order valence-corrected chi connectivity index (χ4v) is 2.11. The third kappa shape index (κ3) is 8.27. The Morgan fingerprint density at radius 1 is 0.724 bits per heavy atom. The number of benzene rings is 2. The van der Waals surface area contributed by atoms with Crippen LogP contribution in [0.4, 0.5) is 0 Å². The number of ether oxygens (including phenoxy) is 5. The van der Waals surface area contributed by atoms with Crippen molar-refractivity contribution >= 4 is 46.7 Å². The lowest BCUT2D eigenvalue weighted by Crippen LogP contribution is -2.09. The van der Waals surface area contributed by atoms with Crippen LogP contribution < -0.4 is 23.7 Å². The van der Waals surface area contributed by atoms with Gasteiger partial charge in [-0.15, -0.1) is 23.2 Å². The summed E-state index contributed by atoms with van der Waals surface area (Å²) in [5.74, 6) is 0.683. The Labute approximate surface area is 183 Å².